The Bertz CT molecular complexity index is 121. The maximum atomic E-state index is 4.89. The zero-order valence-electron chi connectivity index (χ0n) is 7.92. The van der Waals surface area contributed by atoms with E-state index in [1.54, 1.807) is 7.11 Å². The molecule has 0 aliphatic heterocycles. The Balaban J connectivity index is 3.26. The van der Waals surface area contributed by atoms with Crippen molar-refractivity contribution in [2.45, 2.75) is 13.3 Å². The summed E-state index contributed by atoms with van der Waals surface area (Å²) >= 11 is 0. The highest BCUT2D eigenvalue weighted by Crippen LogP contribution is 1.86. The van der Waals surface area contributed by atoms with Crippen LogP contribution in [0.25, 0.3) is 0 Å². The molecule has 0 aliphatic rings. The van der Waals surface area contributed by atoms with Gasteiger partial charge in [0, 0.05) is 13.5 Å². The Labute approximate surface area is 69.1 Å². The molecule has 0 aromatic carbocycles. The maximum absolute atomic E-state index is 4.89. The monoisotopic (exact) mass is 158 g/mol. The van der Waals surface area contributed by atoms with Crippen molar-refractivity contribution in [2.24, 2.45) is 4.99 Å². The van der Waals surface area contributed by atoms with Gasteiger partial charge in [-0.3, -0.25) is 4.99 Å². The van der Waals surface area contributed by atoms with Gasteiger partial charge in [0.1, 0.15) is 0 Å². The molecule has 0 saturated heterocycles. The Hall–Kier alpha value is -0.570. The Morgan fingerprint density at radius 1 is 1.45 bits per heavy atom. The van der Waals surface area contributed by atoms with Crippen LogP contribution in [0.3, 0.4) is 0 Å². The molecule has 0 N–H and O–H groups in total. The van der Waals surface area contributed by atoms with Crippen molar-refractivity contribution in [3.05, 3.63) is 0 Å². The standard InChI is InChI=1S/C8H18N2O/c1-8(11-4)9-6-5-7-10(2)3/h5-7H2,1-4H3. The molecular formula is C8H18N2O. The number of hydrogen-bond donors (Lipinski definition) is 0. The fourth-order valence-electron chi connectivity index (χ4n) is 0.688. The van der Waals surface area contributed by atoms with Crippen molar-refractivity contribution in [2.75, 3.05) is 34.3 Å². The van der Waals surface area contributed by atoms with Gasteiger partial charge in [0.15, 0.2) is 5.90 Å². The predicted molar refractivity (Wildman–Crippen MR) is 48.2 cm³/mol. The third-order valence-electron chi connectivity index (χ3n) is 1.39. The van der Waals surface area contributed by atoms with Gasteiger partial charge >= 0.3 is 0 Å². The van der Waals surface area contributed by atoms with Gasteiger partial charge in [0.2, 0.25) is 0 Å². The predicted octanol–water partition coefficient (Wildman–Crippen LogP) is 1.00. The fraction of sp³-hybridized carbons (Fsp3) is 0.875. The molecule has 3 heteroatoms. The van der Waals surface area contributed by atoms with E-state index in [9.17, 15) is 0 Å². The lowest BCUT2D eigenvalue weighted by Crippen LogP contribution is -2.13. The molecular weight excluding hydrogens is 140 g/mol. The molecule has 0 heterocycles. The Morgan fingerprint density at radius 3 is 2.55 bits per heavy atom. The van der Waals surface area contributed by atoms with Crippen LogP contribution in [-0.2, 0) is 4.74 Å². The second-order valence-corrected chi connectivity index (χ2v) is 2.76. The number of ether oxygens (including phenoxy) is 1. The van der Waals surface area contributed by atoms with E-state index in [0.717, 1.165) is 25.4 Å². The molecule has 0 atom stereocenters. The van der Waals surface area contributed by atoms with Crippen LogP contribution in [-0.4, -0.2) is 45.1 Å². The first-order valence-corrected chi connectivity index (χ1v) is 3.86. The van der Waals surface area contributed by atoms with Gasteiger partial charge in [-0.2, -0.15) is 0 Å². The Kier molecular flexibility index (Phi) is 5.84. The highest BCUT2D eigenvalue weighted by Gasteiger charge is 1.89. The molecule has 0 bridgehead atoms. The van der Waals surface area contributed by atoms with Crippen molar-refractivity contribution in [1.29, 1.82) is 0 Å². The first kappa shape index (κ1) is 10.4. The molecule has 0 aromatic heterocycles. The lowest BCUT2D eigenvalue weighted by Gasteiger charge is -2.06. The highest BCUT2D eigenvalue weighted by molar-refractivity contribution is 5.72. The second kappa shape index (κ2) is 6.16. The third kappa shape index (κ3) is 7.33. The summed E-state index contributed by atoms with van der Waals surface area (Å²) in [5.74, 6) is 0.767. The average Bonchev–Trinajstić information content (AvgIpc) is 1.97. The van der Waals surface area contributed by atoms with Crippen molar-refractivity contribution in [1.82, 2.24) is 4.90 Å². The summed E-state index contributed by atoms with van der Waals surface area (Å²) in [4.78, 5) is 6.33. The minimum absolute atomic E-state index is 0.767. The van der Waals surface area contributed by atoms with E-state index in [-0.39, 0.29) is 0 Å². The van der Waals surface area contributed by atoms with E-state index in [1.807, 2.05) is 6.92 Å². The van der Waals surface area contributed by atoms with Gasteiger partial charge in [-0.1, -0.05) is 0 Å². The largest absolute Gasteiger partial charge is 0.484 e. The zero-order valence-corrected chi connectivity index (χ0v) is 7.92. The van der Waals surface area contributed by atoms with Crippen LogP contribution in [0.15, 0.2) is 4.99 Å². The van der Waals surface area contributed by atoms with E-state index < -0.39 is 0 Å². The van der Waals surface area contributed by atoms with Crippen LogP contribution in [0.4, 0.5) is 0 Å². The van der Waals surface area contributed by atoms with Crippen LogP contribution in [0.2, 0.25) is 0 Å². The zero-order chi connectivity index (χ0) is 8.69. The molecule has 0 unspecified atom stereocenters. The number of rotatable bonds is 4. The number of aliphatic imine (C=N–C) groups is 1. The fourth-order valence-corrected chi connectivity index (χ4v) is 0.688. The molecule has 0 aliphatic carbocycles. The summed E-state index contributed by atoms with van der Waals surface area (Å²) in [7, 11) is 5.77. The Morgan fingerprint density at radius 2 is 2.09 bits per heavy atom. The van der Waals surface area contributed by atoms with Gasteiger partial charge in [-0.25, -0.2) is 0 Å². The van der Waals surface area contributed by atoms with Crippen LogP contribution < -0.4 is 0 Å². The summed E-state index contributed by atoms with van der Waals surface area (Å²) in [6.07, 6.45) is 1.09. The van der Waals surface area contributed by atoms with Gasteiger partial charge in [-0.15, -0.1) is 0 Å². The third-order valence-corrected chi connectivity index (χ3v) is 1.39. The number of nitrogens with zero attached hydrogens (tertiary/aromatic N) is 2. The molecule has 66 valence electrons. The molecule has 0 rings (SSSR count). The van der Waals surface area contributed by atoms with Crippen LogP contribution in [0.5, 0.6) is 0 Å². The maximum Gasteiger partial charge on any atom is 0.179 e. The van der Waals surface area contributed by atoms with Gasteiger partial charge in [0.05, 0.1) is 7.11 Å². The molecule has 11 heavy (non-hydrogen) atoms. The molecule has 0 spiro atoms. The topological polar surface area (TPSA) is 24.8 Å². The second-order valence-electron chi connectivity index (χ2n) is 2.76. The van der Waals surface area contributed by atoms with Crippen LogP contribution in [0.1, 0.15) is 13.3 Å². The summed E-state index contributed by atoms with van der Waals surface area (Å²) in [5, 5.41) is 0. The van der Waals surface area contributed by atoms with E-state index in [0.29, 0.717) is 0 Å². The molecule has 0 fully saturated rings. The molecule has 0 saturated carbocycles. The summed E-state index contributed by atoms with van der Waals surface area (Å²) in [6.45, 7) is 3.81. The number of hydrogen-bond acceptors (Lipinski definition) is 3. The molecule has 0 aromatic rings. The van der Waals surface area contributed by atoms with E-state index in [1.165, 1.54) is 0 Å². The minimum atomic E-state index is 0.767. The first-order chi connectivity index (χ1) is 5.16. The highest BCUT2D eigenvalue weighted by atomic mass is 16.5. The molecule has 3 nitrogen and oxygen atoms in total. The summed E-state index contributed by atoms with van der Waals surface area (Å²) in [5.41, 5.74) is 0. The molecule has 0 radical (unpaired) electrons. The minimum Gasteiger partial charge on any atom is -0.484 e. The van der Waals surface area contributed by atoms with Crippen LogP contribution >= 0.6 is 0 Å². The SMILES string of the molecule is COC(C)=NCCCN(C)C. The van der Waals surface area contributed by atoms with E-state index >= 15 is 0 Å². The van der Waals surface area contributed by atoms with Crippen molar-refractivity contribution < 1.29 is 4.74 Å². The van der Waals surface area contributed by atoms with Gasteiger partial charge < -0.3 is 9.64 Å². The van der Waals surface area contributed by atoms with Gasteiger partial charge in [0.25, 0.3) is 0 Å². The molecule has 0 amide bonds. The first-order valence-electron chi connectivity index (χ1n) is 3.86. The lowest BCUT2D eigenvalue weighted by atomic mass is 10.4. The quantitative estimate of drug-likeness (QED) is 0.346. The van der Waals surface area contributed by atoms with Crippen molar-refractivity contribution >= 4 is 5.90 Å². The van der Waals surface area contributed by atoms with E-state index in [4.69, 9.17) is 4.74 Å². The number of methoxy groups -OCH3 is 1. The van der Waals surface area contributed by atoms with Crippen LogP contribution in [0, 0.1) is 0 Å². The summed E-state index contributed by atoms with van der Waals surface area (Å²) in [6, 6.07) is 0. The van der Waals surface area contributed by atoms with E-state index in [2.05, 4.69) is 24.0 Å². The van der Waals surface area contributed by atoms with Crippen molar-refractivity contribution in [3.8, 4) is 0 Å². The summed E-state index contributed by atoms with van der Waals surface area (Å²) < 4.78 is 4.89. The lowest BCUT2D eigenvalue weighted by molar-refractivity contribution is 0.389. The van der Waals surface area contributed by atoms with Crippen molar-refractivity contribution in [3.63, 3.8) is 0 Å². The smallest absolute Gasteiger partial charge is 0.179 e. The van der Waals surface area contributed by atoms with Gasteiger partial charge in [-0.05, 0) is 27.1 Å². The average molecular weight is 158 g/mol. The normalized spacial score (nSPS) is 12.3.